The molecule has 0 bridgehead atoms. The summed E-state index contributed by atoms with van der Waals surface area (Å²) in [5.41, 5.74) is 2.96. The van der Waals surface area contributed by atoms with E-state index in [0.29, 0.717) is 18.4 Å². The number of carbonyl (C=O) groups excluding carboxylic acids is 2. The van der Waals surface area contributed by atoms with Gasteiger partial charge in [-0.15, -0.1) is 0 Å². The van der Waals surface area contributed by atoms with Crippen molar-refractivity contribution in [3.05, 3.63) is 41.2 Å². The van der Waals surface area contributed by atoms with Crippen molar-refractivity contribution in [3.63, 3.8) is 0 Å². The minimum absolute atomic E-state index is 0.0125. The maximum Gasteiger partial charge on any atom is 0.338 e. The van der Waals surface area contributed by atoms with Crippen LogP contribution in [0.5, 0.6) is 0 Å². The standard InChI is InChI=1S/C22H24N2O4/c1-12(25)24-16-6-4-3-5-15(16)22-7-8-23(2)18(22)9-13-14(20(22)24)10-27-17-11-28-21(26)19(13)17/h3-6,13-14,18,20H,7-11H2,1-2H3/t13-,14?,18+,20+,22-/m1/s1. The molecule has 1 saturated carbocycles. The molecule has 2 fully saturated rings. The highest BCUT2D eigenvalue weighted by atomic mass is 16.6. The fourth-order valence-electron chi connectivity index (χ4n) is 6.93. The van der Waals surface area contributed by atoms with Crippen molar-refractivity contribution in [1.82, 2.24) is 4.90 Å². The van der Waals surface area contributed by atoms with Gasteiger partial charge in [0.25, 0.3) is 0 Å². The minimum atomic E-state index is -0.234. The summed E-state index contributed by atoms with van der Waals surface area (Å²) in [6.07, 6.45) is 1.94. The molecule has 6 heteroatoms. The van der Waals surface area contributed by atoms with E-state index in [2.05, 4.69) is 30.1 Å². The Balaban J connectivity index is 1.57. The molecule has 1 aliphatic carbocycles. The van der Waals surface area contributed by atoms with Crippen LogP contribution in [0.1, 0.15) is 25.3 Å². The Morgan fingerprint density at radius 3 is 2.89 bits per heavy atom. The van der Waals surface area contributed by atoms with E-state index in [0.717, 1.165) is 30.6 Å². The van der Waals surface area contributed by atoms with E-state index in [9.17, 15) is 9.59 Å². The average Bonchev–Trinajstić information content (AvgIpc) is 3.32. The van der Waals surface area contributed by atoms with Gasteiger partial charge in [0, 0.05) is 35.9 Å². The summed E-state index contributed by atoms with van der Waals surface area (Å²) in [7, 11) is 2.18. The number of hydrogen-bond donors (Lipinski definition) is 0. The summed E-state index contributed by atoms with van der Waals surface area (Å²) < 4.78 is 11.3. The Morgan fingerprint density at radius 2 is 2.07 bits per heavy atom. The summed E-state index contributed by atoms with van der Waals surface area (Å²) in [6.45, 7) is 3.45. The van der Waals surface area contributed by atoms with Crippen molar-refractivity contribution < 1.29 is 19.1 Å². The number of ether oxygens (including phenoxy) is 2. The first kappa shape index (κ1) is 16.6. The second kappa shape index (κ2) is 5.38. The average molecular weight is 380 g/mol. The van der Waals surface area contributed by atoms with Gasteiger partial charge in [0.2, 0.25) is 5.91 Å². The Kier molecular flexibility index (Phi) is 3.19. The molecule has 4 heterocycles. The predicted molar refractivity (Wildman–Crippen MR) is 102 cm³/mol. The van der Waals surface area contributed by atoms with Crippen LogP contribution >= 0.6 is 0 Å². The van der Waals surface area contributed by atoms with Gasteiger partial charge < -0.3 is 19.3 Å². The van der Waals surface area contributed by atoms with E-state index in [4.69, 9.17) is 9.47 Å². The number of likely N-dealkylation sites (tertiary alicyclic amines) is 1. The van der Waals surface area contributed by atoms with E-state index in [-0.39, 0.29) is 41.8 Å². The number of anilines is 1. The number of likely N-dealkylation sites (N-methyl/N-ethyl adjacent to an activating group) is 1. The van der Waals surface area contributed by atoms with Gasteiger partial charge in [-0.05, 0) is 38.1 Å². The zero-order valence-corrected chi connectivity index (χ0v) is 16.2. The molecular weight excluding hydrogens is 356 g/mol. The molecule has 0 radical (unpaired) electrons. The second-order valence-electron chi connectivity index (χ2n) is 8.87. The molecule has 1 unspecified atom stereocenters. The van der Waals surface area contributed by atoms with Crippen LogP contribution in [0.25, 0.3) is 0 Å². The Bertz CT molecular complexity index is 940. The summed E-state index contributed by atoms with van der Waals surface area (Å²) >= 11 is 0. The maximum atomic E-state index is 12.9. The number of esters is 1. The first-order chi connectivity index (χ1) is 13.5. The number of rotatable bonds is 0. The molecule has 6 nitrogen and oxygen atoms in total. The number of cyclic esters (lactones) is 1. The molecule has 0 N–H and O–H groups in total. The molecule has 0 aromatic heterocycles. The number of benzene rings is 1. The van der Waals surface area contributed by atoms with E-state index in [1.54, 1.807) is 6.92 Å². The fourth-order valence-corrected chi connectivity index (χ4v) is 6.93. The van der Waals surface area contributed by atoms with Crippen LogP contribution in [0, 0.1) is 11.8 Å². The molecule has 5 atom stereocenters. The van der Waals surface area contributed by atoms with Crippen molar-refractivity contribution in [1.29, 1.82) is 0 Å². The SMILES string of the molecule is CC(=O)N1c2ccccc2[C@]23CCN(C)[C@H]2C[C@H]2C4=C(COC4=O)OCC2[C@H]13. The summed E-state index contributed by atoms with van der Waals surface area (Å²) in [4.78, 5) is 29.8. The summed E-state index contributed by atoms with van der Waals surface area (Å²) in [6, 6.07) is 8.69. The highest BCUT2D eigenvalue weighted by Gasteiger charge is 2.67. The smallest absolute Gasteiger partial charge is 0.338 e. The van der Waals surface area contributed by atoms with Crippen molar-refractivity contribution in [3.8, 4) is 0 Å². The van der Waals surface area contributed by atoms with Crippen LogP contribution in [0.2, 0.25) is 0 Å². The van der Waals surface area contributed by atoms with Gasteiger partial charge in [-0.3, -0.25) is 4.79 Å². The highest BCUT2D eigenvalue weighted by Crippen LogP contribution is 2.62. The van der Waals surface area contributed by atoms with Crippen molar-refractivity contribution in [2.24, 2.45) is 11.8 Å². The molecule has 4 aliphatic heterocycles. The van der Waals surface area contributed by atoms with Crippen molar-refractivity contribution in [2.75, 3.05) is 31.7 Å². The van der Waals surface area contributed by atoms with Crippen LogP contribution in [0.3, 0.4) is 0 Å². The molecule has 1 amide bonds. The first-order valence-corrected chi connectivity index (χ1v) is 10.2. The zero-order chi connectivity index (χ0) is 19.2. The van der Waals surface area contributed by atoms with Crippen LogP contribution in [0.15, 0.2) is 35.6 Å². The van der Waals surface area contributed by atoms with Crippen molar-refractivity contribution in [2.45, 2.75) is 37.3 Å². The molecule has 1 spiro atoms. The first-order valence-electron chi connectivity index (χ1n) is 10.2. The summed E-state index contributed by atoms with van der Waals surface area (Å²) in [5.74, 6) is 0.728. The Morgan fingerprint density at radius 1 is 1.25 bits per heavy atom. The quantitative estimate of drug-likeness (QED) is 0.643. The normalized spacial score (nSPS) is 38.2. The number of para-hydroxylation sites is 1. The third kappa shape index (κ3) is 1.78. The fraction of sp³-hybridized carbons (Fsp3) is 0.545. The Hall–Kier alpha value is -2.34. The molecule has 1 aromatic carbocycles. The lowest BCUT2D eigenvalue weighted by Gasteiger charge is -2.53. The lowest BCUT2D eigenvalue weighted by atomic mass is 9.56. The monoisotopic (exact) mass is 380 g/mol. The lowest BCUT2D eigenvalue weighted by molar-refractivity contribution is -0.136. The van der Waals surface area contributed by atoms with Crippen LogP contribution < -0.4 is 4.90 Å². The highest BCUT2D eigenvalue weighted by molar-refractivity contribution is 5.97. The van der Waals surface area contributed by atoms with Gasteiger partial charge in [0.15, 0.2) is 0 Å². The van der Waals surface area contributed by atoms with E-state index in [1.165, 1.54) is 5.56 Å². The summed E-state index contributed by atoms with van der Waals surface area (Å²) in [5, 5.41) is 0. The molecule has 146 valence electrons. The Labute approximate surface area is 164 Å². The van der Waals surface area contributed by atoms with Gasteiger partial charge in [0.1, 0.15) is 12.4 Å². The molecule has 1 aromatic rings. The second-order valence-corrected chi connectivity index (χ2v) is 8.87. The number of nitrogens with zero attached hydrogens (tertiary/aromatic N) is 2. The van der Waals surface area contributed by atoms with Gasteiger partial charge >= 0.3 is 5.97 Å². The van der Waals surface area contributed by atoms with Gasteiger partial charge in [0.05, 0.1) is 18.2 Å². The minimum Gasteiger partial charge on any atom is -0.493 e. The number of fused-ring (bicyclic) bond motifs is 4. The molecule has 28 heavy (non-hydrogen) atoms. The largest absolute Gasteiger partial charge is 0.493 e. The lowest BCUT2D eigenvalue weighted by Crippen LogP contribution is -2.63. The van der Waals surface area contributed by atoms with Gasteiger partial charge in [-0.1, -0.05) is 18.2 Å². The number of hydrogen-bond acceptors (Lipinski definition) is 5. The molecule has 6 rings (SSSR count). The third-order valence-electron chi connectivity index (χ3n) is 7.89. The van der Waals surface area contributed by atoms with E-state index in [1.807, 2.05) is 11.0 Å². The number of carbonyl (C=O) groups is 2. The zero-order valence-electron chi connectivity index (χ0n) is 16.2. The van der Waals surface area contributed by atoms with E-state index < -0.39 is 0 Å². The van der Waals surface area contributed by atoms with Gasteiger partial charge in [-0.25, -0.2) is 4.79 Å². The molecular formula is C22H24N2O4. The third-order valence-corrected chi connectivity index (χ3v) is 7.89. The van der Waals surface area contributed by atoms with E-state index >= 15 is 0 Å². The van der Waals surface area contributed by atoms with Crippen LogP contribution in [0.4, 0.5) is 5.69 Å². The number of amides is 1. The predicted octanol–water partition coefficient (Wildman–Crippen LogP) is 1.84. The maximum absolute atomic E-state index is 12.9. The van der Waals surface area contributed by atoms with Crippen LogP contribution in [-0.4, -0.2) is 55.7 Å². The molecule has 1 saturated heterocycles. The topological polar surface area (TPSA) is 59.1 Å². The van der Waals surface area contributed by atoms with Gasteiger partial charge in [-0.2, -0.15) is 0 Å². The molecule has 5 aliphatic rings. The van der Waals surface area contributed by atoms with Crippen molar-refractivity contribution >= 4 is 17.6 Å². The van der Waals surface area contributed by atoms with Crippen LogP contribution in [-0.2, 0) is 24.5 Å².